The van der Waals surface area contributed by atoms with Gasteiger partial charge in [0.2, 0.25) is 0 Å². The number of alkyl halides is 3. The van der Waals surface area contributed by atoms with Crippen molar-refractivity contribution in [3.63, 3.8) is 0 Å². The number of Topliss-reactive ketones (excluding diaryl/α,β-unsaturated/α-hetero) is 1. The van der Waals surface area contributed by atoms with Gasteiger partial charge >= 0.3 is 5.51 Å². The van der Waals surface area contributed by atoms with Crippen LogP contribution >= 0.6 is 11.8 Å². The zero-order valence-electron chi connectivity index (χ0n) is 6.94. The highest BCUT2D eigenvalue weighted by Gasteiger charge is 2.27. The van der Waals surface area contributed by atoms with E-state index in [1.54, 1.807) is 6.92 Å². The predicted octanol–water partition coefficient (Wildman–Crippen LogP) is 2.85. The minimum atomic E-state index is -4.17. The van der Waals surface area contributed by atoms with Crippen molar-refractivity contribution >= 4 is 17.5 Å². The highest BCUT2D eigenvalue weighted by Crippen LogP contribution is 2.31. The van der Waals surface area contributed by atoms with Crippen LogP contribution in [0.5, 0.6) is 0 Å². The molecule has 0 saturated heterocycles. The van der Waals surface area contributed by atoms with E-state index in [9.17, 15) is 18.0 Å². The summed E-state index contributed by atoms with van der Waals surface area (Å²) in [5.41, 5.74) is -4.17. The maximum atomic E-state index is 11.6. The molecule has 0 aromatic heterocycles. The largest absolute Gasteiger partial charge is 0.441 e. The van der Waals surface area contributed by atoms with Crippen LogP contribution in [-0.4, -0.2) is 17.0 Å². The molecule has 0 spiro atoms. The number of hydrogen-bond acceptors (Lipinski definition) is 2. The summed E-state index contributed by atoms with van der Waals surface area (Å²) in [5.74, 6) is -0.359. The van der Waals surface area contributed by atoms with Crippen molar-refractivity contribution in [2.75, 3.05) is 5.75 Å². The molecule has 0 bridgehead atoms. The lowest BCUT2D eigenvalue weighted by Crippen LogP contribution is -2.09. The van der Waals surface area contributed by atoms with Crippen molar-refractivity contribution in [3.05, 3.63) is 0 Å². The summed E-state index contributed by atoms with van der Waals surface area (Å²) in [6, 6.07) is 0. The van der Waals surface area contributed by atoms with Gasteiger partial charge in [-0.3, -0.25) is 4.79 Å². The van der Waals surface area contributed by atoms with Crippen LogP contribution in [0.3, 0.4) is 0 Å². The van der Waals surface area contributed by atoms with Gasteiger partial charge in [0, 0.05) is 11.7 Å². The second-order valence-corrected chi connectivity index (χ2v) is 3.75. The number of carbonyl (C=O) groups excluding carboxylic acids is 1. The minimum Gasteiger partial charge on any atom is -0.300 e. The number of halogens is 3. The minimum absolute atomic E-state index is 0.0375. The molecule has 0 fully saturated rings. The molecule has 5 heteroatoms. The van der Waals surface area contributed by atoms with E-state index >= 15 is 0 Å². The van der Waals surface area contributed by atoms with Crippen LogP contribution in [0.1, 0.15) is 20.3 Å². The van der Waals surface area contributed by atoms with Crippen LogP contribution < -0.4 is 0 Å². The Morgan fingerprint density at radius 3 is 2.33 bits per heavy atom. The molecule has 0 aromatic carbocycles. The Bertz CT molecular complexity index is 155. The molecule has 1 atom stereocenters. The van der Waals surface area contributed by atoms with Gasteiger partial charge in [-0.05, 0) is 13.3 Å². The summed E-state index contributed by atoms with van der Waals surface area (Å²) < 4.78 is 34.8. The molecule has 72 valence electrons. The molecule has 1 unspecified atom stereocenters. The van der Waals surface area contributed by atoms with Crippen molar-refractivity contribution in [2.45, 2.75) is 25.8 Å². The lowest BCUT2D eigenvalue weighted by atomic mass is 10.1. The Balaban J connectivity index is 3.51. The van der Waals surface area contributed by atoms with Crippen LogP contribution in [0.4, 0.5) is 13.2 Å². The van der Waals surface area contributed by atoms with E-state index in [4.69, 9.17) is 0 Å². The van der Waals surface area contributed by atoms with Crippen molar-refractivity contribution in [1.82, 2.24) is 0 Å². The van der Waals surface area contributed by atoms with Gasteiger partial charge in [0.15, 0.2) is 0 Å². The molecule has 1 nitrogen and oxygen atoms in total. The van der Waals surface area contributed by atoms with E-state index in [1.807, 2.05) is 0 Å². The first kappa shape index (κ1) is 11.8. The molecular formula is C7H11F3OS. The third-order valence-corrected chi connectivity index (χ3v) is 2.28. The van der Waals surface area contributed by atoms with E-state index in [2.05, 4.69) is 0 Å². The van der Waals surface area contributed by atoms with Gasteiger partial charge in [-0.2, -0.15) is 13.2 Å². The molecule has 0 aliphatic carbocycles. The first-order valence-electron chi connectivity index (χ1n) is 3.54. The fourth-order valence-corrected chi connectivity index (χ4v) is 1.26. The molecule has 0 heterocycles. The topological polar surface area (TPSA) is 17.1 Å². The predicted molar refractivity (Wildman–Crippen MR) is 43.0 cm³/mol. The summed E-state index contributed by atoms with van der Waals surface area (Å²) in [5, 5.41) is 0. The van der Waals surface area contributed by atoms with Crippen LogP contribution in [-0.2, 0) is 4.79 Å². The SMILES string of the molecule is CC(=O)C(C)CCSC(F)(F)F. The van der Waals surface area contributed by atoms with E-state index in [0.717, 1.165) is 0 Å². The van der Waals surface area contributed by atoms with Crippen LogP contribution in [0.15, 0.2) is 0 Å². The number of ketones is 1. The maximum Gasteiger partial charge on any atom is 0.441 e. The Hall–Kier alpha value is -0.190. The van der Waals surface area contributed by atoms with E-state index in [-0.39, 0.29) is 29.2 Å². The van der Waals surface area contributed by atoms with Gasteiger partial charge in [0.1, 0.15) is 5.78 Å². The van der Waals surface area contributed by atoms with Crippen molar-refractivity contribution in [3.8, 4) is 0 Å². The lowest BCUT2D eigenvalue weighted by Gasteiger charge is -2.08. The van der Waals surface area contributed by atoms with Crippen molar-refractivity contribution in [2.24, 2.45) is 5.92 Å². The Morgan fingerprint density at radius 2 is 2.00 bits per heavy atom. The number of thioether (sulfide) groups is 1. The van der Waals surface area contributed by atoms with E-state index < -0.39 is 5.51 Å². The molecular weight excluding hydrogens is 189 g/mol. The van der Waals surface area contributed by atoms with Gasteiger partial charge in [-0.25, -0.2) is 0 Å². The number of hydrogen-bond donors (Lipinski definition) is 0. The highest BCUT2D eigenvalue weighted by molar-refractivity contribution is 8.00. The van der Waals surface area contributed by atoms with Crippen molar-refractivity contribution in [1.29, 1.82) is 0 Å². The molecule has 0 radical (unpaired) electrons. The quantitative estimate of drug-likeness (QED) is 0.694. The fraction of sp³-hybridized carbons (Fsp3) is 0.857. The summed E-state index contributed by atoms with van der Waals surface area (Å²) in [6.07, 6.45) is 0.291. The lowest BCUT2D eigenvalue weighted by molar-refractivity contribution is -0.120. The summed E-state index contributed by atoms with van der Waals surface area (Å²) in [4.78, 5) is 10.6. The van der Waals surface area contributed by atoms with Gasteiger partial charge < -0.3 is 0 Å². The van der Waals surface area contributed by atoms with Crippen LogP contribution in [0.25, 0.3) is 0 Å². The number of rotatable bonds is 4. The molecule has 0 rings (SSSR count). The monoisotopic (exact) mass is 200 g/mol. The third kappa shape index (κ3) is 6.52. The summed E-state index contributed by atoms with van der Waals surface area (Å²) in [7, 11) is 0. The first-order valence-corrected chi connectivity index (χ1v) is 4.52. The maximum absolute atomic E-state index is 11.6. The molecule has 0 saturated carbocycles. The van der Waals surface area contributed by atoms with Crippen molar-refractivity contribution < 1.29 is 18.0 Å². The second kappa shape index (κ2) is 4.74. The Kier molecular flexibility index (Phi) is 4.67. The summed E-state index contributed by atoms with van der Waals surface area (Å²) >= 11 is -0.0729. The highest BCUT2D eigenvalue weighted by atomic mass is 32.2. The fourth-order valence-electron chi connectivity index (χ4n) is 0.555. The molecule has 0 aromatic rings. The second-order valence-electron chi connectivity index (χ2n) is 2.59. The molecule has 0 amide bonds. The van der Waals surface area contributed by atoms with Gasteiger partial charge in [0.05, 0.1) is 0 Å². The average molecular weight is 200 g/mol. The molecule has 12 heavy (non-hydrogen) atoms. The van der Waals surface area contributed by atoms with Gasteiger partial charge in [-0.15, -0.1) is 0 Å². The standard InChI is InChI=1S/C7H11F3OS/c1-5(6(2)11)3-4-12-7(8,9)10/h5H,3-4H2,1-2H3. The average Bonchev–Trinajstić information content (AvgIpc) is 1.84. The first-order chi connectivity index (χ1) is 5.33. The van der Waals surface area contributed by atoms with Gasteiger partial charge in [0.25, 0.3) is 0 Å². The summed E-state index contributed by atoms with van der Waals surface area (Å²) in [6.45, 7) is 3.03. The molecule has 0 aliphatic heterocycles. The van der Waals surface area contributed by atoms with Crippen LogP contribution in [0.2, 0.25) is 0 Å². The number of carbonyl (C=O) groups is 1. The van der Waals surface area contributed by atoms with E-state index in [0.29, 0.717) is 6.42 Å². The molecule has 0 N–H and O–H groups in total. The van der Waals surface area contributed by atoms with E-state index in [1.165, 1.54) is 6.92 Å². The molecule has 0 aliphatic rings. The Labute approximate surface area is 73.7 Å². The van der Waals surface area contributed by atoms with Crippen LogP contribution in [0, 0.1) is 5.92 Å². The normalized spacial score (nSPS) is 14.4. The third-order valence-electron chi connectivity index (χ3n) is 1.51. The van der Waals surface area contributed by atoms with Gasteiger partial charge in [-0.1, -0.05) is 18.7 Å². The zero-order valence-corrected chi connectivity index (χ0v) is 7.76. The smallest absolute Gasteiger partial charge is 0.300 e. The Morgan fingerprint density at radius 1 is 1.50 bits per heavy atom. The zero-order chi connectivity index (χ0) is 9.78.